The van der Waals surface area contributed by atoms with Crippen LogP contribution in [0.3, 0.4) is 0 Å². The van der Waals surface area contributed by atoms with Gasteiger partial charge in [0.25, 0.3) is 0 Å². The molecule has 2 N–H and O–H groups in total. The summed E-state index contributed by atoms with van der Waals surface area (Å²) in [4.78, 5) is 0. The number of hydrogen-bond donors (Lipinski definition) is 1. The first kappa shape index (κ1) is 10.3. The molecule has 72 valence electrons. The molecule has 0 aromatic heterocycles. The molecule has 1 aliphatic rings. The average Bonchev–Trinajstić information content (AvgIpc) is 2.22. The van der Waals surface area contributed by atoms with Gasteiger partial charge >= 0.3 is 0 Å². The van der Waals surface area contributed by atoms with E-state index in [9.17, 15) is 0 Å². The summed E-state index contributed by atoms with van der Waals surface area (Å²) in [5.41, 5.74) is 8.76. The summed E-state index contributed by atoms with van der Waals surface area (Å²) >= 11 is 0. The minimum absolute atomic E-state index is 0.292. The minimum Gasteiger partial charge on any atom is -0.324 e. The van der Waals surface area contributed by atoms with E-state index in [0.717, 1.165) is 6.42 Å². The van der Waals surface area contributed by atoms with E-state index in [1.54, 1.807) is 0 Å². The van der Waals surface area contributed by atoms with Crippen molar-refractivity contribution in [1.29, 1.82) is 0 Å². The van der Waals surface area contributed by atoms with Crippen LogP contribution in [0.1, 0.15) is 43.9 Å². The van der Waals surface area contributed by atoms with E-state index in [2.05, 4.69) is 24.3 Å². The van der Waals surface area contributed by atoms with Crippen LogP contribution in [0.15, 0.2) is 24.3 Å². The Morgan fingerprint density at radius 2 is 1.92 bits per heavy atom. The minimum atomic E-state index is 0.292. The summed E-state index contributed by atoms with van der Waals surface area (Å²) in [6.45, 7) is 4.00. The molecule has 1 unspecified atom stereocenters. The Hall–Kier alpha value is -0.820. The maximum atomic E-state index is 5.95. The van der Waals surface area contributed by atoms with Gasteiger partial charge in [-0.25, -0.2) is 0 Å². The third-order valence-corrected chi connectivity index (χ3v) is 2.42. The SMILES string of the molecule is CC.NC1CCCc2ccccc21. The van der Waals surface area contributed by atoms with Gasteiger partial charge in [-0.3, -0.25) is 0 Å². The van der Waals surface area contributed by atoms with Gasteiger partial charge in [0.2, 0.25) is 0 Å². The predicted octanol–water partition coefficient (Wildman–Crippen LogP) is 3.05. The molecule has 1 aromatic rings. The van der Waals surface area contributed by atoms with E-state index in [1.807, 2.05) is 13.8 Å². The molecular weight excluding hydrogens is 158 g/mol. The highest BCUT2D eigenvalue weighted by molar-refractivity contribution is 5.31. The summed E-state index contributed by atoms with van der Waals surface area (Å²) in [5.74, 6) is 0. The Morgan fingerprint density at radius 1 is 1.23 bits per heavy atom. The van der Waals surface area contributed by atoms with Crippen molar-refractivity contribution in [2.75, 3.05) is 0 Å². The first-order valence-electron chi connectivity index (χ1n) is 5.21. The van der Waals surface area contributed by atoms with Crippen LogP contribution < -0.4 is 5.73 Å². The van der Waals surface area contributed by atoms with Crippen LogP contribution in [0.4, 0.5) is 0 Å². The largest absolute Gasteiger partial charge is 0.324 e. The lowest BCUT2D eigenvalue weighted by atomic mass is 9.88. The van der Waals surface area contributed by atoms with Gasteiger partial charge in [-0.15, -0.1) is 0 Å². The molecule has 0 amide bonds. The molecule has 1 aromatic carbocycles. The lowest BCUT2D eigenvalue weighted by Gasteiger charge is -2.21. The van der Waals surface area contributed by atoms with Crippen molar-refractivity contribution in [2.24, 2.45) is 5.73 Å². The zero-order valence-electron chi connectivity index (χ0n) is 8.59. The molecular formula is C12H19N. The number of nitrogens with two attached hydrogens (primary N) is 1. The Morgan fingerprint density at radius 3 is 2.62 bits per heavy atom. The zero-order valence-corrected chi connectivity index (χ0v) is 8.59. The Bertz CT molecular complexity index is 255. The quantitative estimate of drug-likeness (QED) is 0.647. The van der Waals surface area contributed by atoms with E-state index in [4.69, 9.17) is 5.73 Å². The Balaban J connectivity index is 0.000000396. The number of aryl methyl sites for hydroxylation is 1. The summed E-state index contributed by atoms with van der Waals surface area (Å²) < 4.78 is 0. The van der Waals surface area contributed by atoms with Crippen molar-refractivity contribution >= 4 is 0 Å². The Kier molecular flexibility index (Phi) is 3.97. The fraction of sp³-hybridized carbons (Fsp3) is 0.500. The second kappa shape index (κ2) is 5.03. The van der Waals surface area contributed by atoms with Gasteiger partial charge in [-0.1, -0.05) is 38.1 Å². The van der Waals surface area contributed by atoms with Gasteiger partial charge in [0.15, 0.2) is 0 Å². The fourth-order valence-corrected chi connectivity index (χ4v) is 1.79. The number of rotatable bonds is 0. The molecule has 1 atom stereocenters. The third-order valence-electron chi connectivity index (χ3n) is 2.42. The lowest BCUT2D eigenvalue weighted by molar-refractivity contribution is 0.570. The number of hydrogen-bond acceptors (Lipinski definition) is 1. The Labute approximate surface area is 81.0 Å². The highest BCUT2D eigenvalue weighted by atomic mass is 14.6. The van der Waals surface area contributed by atoms with Crippen LogP contribution in [-0.4, -0.2) is 0 Å². The molecule has 0 heterocycles. The van der Waals surface area contributed by atoms with E-state index in [0.29, 0.717) is 6.04 Å². The summed E-state index contributed by atoms with van der Waals surface area (Å²) in [6, 6.07) is 8.80. The average molecular weight is 177 g/mol. The van der Waals surface area contributed by atoms with E-state index in [-0.39, 0.29) is 0 Å². The van der Waals surface area contributed by atoms with Crippen molar-refractivity contribution in [1.82, 2.24) is 0 Å². The normalized spacial score (nSPS) is 19.8. The molecule has 13 heavy (non-hydrogen) atoms. The van der Waals surface area contributed by atoms with Crippen molar-refractivity contribution in [3.8, 4) is 0 Å². The molecule has 0 radical (unpaired) electrons. The van der Waals surface area contributed by atoms with E-state index in [1.165, 1.54) is 24.0 Å². The molecule has 0 bridgehead atoms. The second-order valence-electron chi connectivity index (χ2n) is 3.20. The first-order chi connectivity index (χ1) is 6.38. The van der Waals surface area contributed by atoms with Gasteiger partial charge < -0.3 is 5.73 Å². The maximum absolute atomic E-state index is 5.95. The molecule has 1 aliphatic carbocycles. The smallest absolute Gasteiger partial charge is 0.0297 e. The van der Waals surface area contributed by atoms with Crippen LogP contribution in [0.2, 0.25) is 0 Å². The van der Waals surface area contributed by atoms with Crippen LogP contribution in [0.25, 0.3) is 0 Å². The second-order valence-corrected chi connectivity index (χ2v) is 3.20. The van der Waals surface area contributed by atoms with Crippen LogP contribution in [0, 0.1) is 0 Å². The van der Waals surface area contributed by atoms with Gasteiger partial charge in [-0.2, -0.15) is 0 Å². The first-order valence-corrected chi connectivity index (χ1v) is 5.21. The summed E-state index contributed by atoms with van der Waals surface area (Å²) in [6.07, 6.45) is 3.61. The fourth-order valence-electron chi connectivity index (χ4n) is 1.79. The molecule has 1 nitrogen and oxygen atoms in total. The van der Waals surface area contributed by atoms with E-state index < -0.39 is 0 Å². The van der Waals surface area contributed by atoms with Gasteiger partial charge in [0, 0.05) is 6.04 Å². The third kappa shape index (κ3) is 2.31. The highest BCUT2D eigenvalue weighted by Gasteiger charge is 2.14. The summed E-state index contributed by atoms with van der Waals surface area (Å²) in [7, 11) is 0. The summed E-state index contributed by atoms with van der Waals surface area (Å²) in [5, 5.41) is 0. The monoisotopic (exact) mass is 177 g/mol. The highest BCUT2D eigenvalue weighted by Crippen LogP contribution is 2.26. The molecule has 2 rings (SSSR count). The van der Waals surface area contributed by atoms with Gasteiger partial charge in [0.1, 0.15) is 0 Å². The molecule has 0 spiro atoms. The standard InChI is InChI=1S/C10H13N.C2H6/c11-10-7-3-5-8-4-1-2-6-9(8)10;1-2/h1-2,4,6,10H,3,5,7,11H2;1-2H3. The van der Waals surface area contributed by atoms with Crippen molar-refractivity contribution in [3.63, 3.8) is 0 Å². The van der Waals surface area contributed by atoms with Crippen LogP contribution >= 0.6 is 0 Å². The molecule has 0 fully saturated rings. The van der Waals surface area contributed by atoms with Crippen LogP contribution in [0.5, 0.6) is 0 Å². The van der Waals surface area contributed by atoms with Crippen LogP contribution in [-0.2, 0) is 6.42 Å². The number of fused-ring (bicyclic) bond motifs is 1. The number of benzene rings is 1. The van der Waals surface area contributed by atoms with Crippen molar-refractivity contribution in [3.05, 3.63) is 35.4 Å². The van der Waals surface area contributed by atoms with Gasteiger partial charge in [-0.05, 0) is 30.4 Å². The topological polar surface area (TPSA) is 26.0 Å². The van der Waals surface area contributed by atoms with Crippen molar-refractivity contribution in [2.45, 2.75) is 39.2 Å². The maximum Gasteiger partial charge on any atom is 0.0297 e. The zero-order chi connectivity index (χ0) is 9.68. The molecule has 0 aliphatic heterocycles. The molecule has 0 saturated heterocycles. The molecule has 0 saturated carbocycles. The van der Waals surface area contributed by atoms with E-state index >= 15 is 0 Å². The lowest BCUT2D eigenvalue weighted by Crippen LogP contribution is -2.16. The molecule has 1 heteroatoms. The van der Waals surface area contributed by atoms with Gasteiger partial charge in [0.05, 0.1) is 0 Å². The van der Waals surface area contributed by atoms with Crippen molar-refractivity contribution < 1.29 is 0 Å². The predicted molar refractivity (Wildman–Crippen MR) is 57.7 cm³/mol.